The van der Waals surface area contributed by atoms with Gasteiger partial charge in [-0.25, -0.2) is 0 Å². The van der Waals surface area contributed by atoms with Crippen LogP contribution in [0.25, 0.3) is 0 Å². The van der Waals surface area contributed by atoms with Crippen LogP contribution in [0.3, 0.4) is 0 Å². The van der Waals surface area contributed by atoms with Crippen molar-refractivity contribution in [2.45, 2.75) is 66.0 Å². The summed E-state index contributed by atoms with van der Waals surface area (Å²) in [5, 5.41) is 2.95. The van der Waals surface area contributed by atoms with Gasteiger partial charge in [-0.1, -0.05) is 60.9 Å². The molecule has 0 aliphatic rings. The summed E-state index contributed by atoms with van der Waals surface area (Å²) in [7, 11) is 0. The molecule has 0 bridgehead atoms. The zero-order valence-corrected chi connectivity index (χ0v) is 19.3. The van der Waals surface area contributed by atoms with Crippen molar-refractivity contribution in [3.8, 4) is 5.75 Å². The topological polar surface area (TPSA) is 58.6 Å². The average Bonchev–Trinajstić information content (AvgIpc) is 2.77. The van der Waals surface area contributed by atoms with Crippen LogP contribution >= 0.6 is 0 Å². The van der Waals surface area contributed by atoms with E-state index in [1.54, 1.807) is 11.8 Å². The van der Waals surface area contributed by atoms with Gasteiger partial charge >= 0.3 is 0 Å². The van der Waals surface area contributed by atoms with Gasteiger partial charge in [0.15, 0.2) is 0 Å². The van der Waals surface area contributed by atoms with Crippen LogP contribution < -0.4 is 10.1 Å². The summed E-state index contributed by atoms with van der Waals surface area (Å²) in [5.41, 5.74) is 3.36. The Balaban J connectivity index is 1.96. The third-order valence-corrected chi connectivity index (χ3v) is 5.30. The van der Waals surface area contributed by atoms with E-state index >= 15 is 0 Å². The molecule has 0 aliphatic heterocycles. The molecule has 5 heteroatoms. The Labute approximate surface area is 186 Å². The van der Waals surface area contributed by atoms with Gasteiger partial charge in [0.05, 0.1) is 6.61 Å². The van der Waals surface area contributed by atoms with Gasteiger partial charge in [0.1, 0.15) is 11.8 Å². The lowest BCUT2D eigenvalue weighted by atomic mass is 10.1. The molecule has 0 saturated carbocycles. The largest absolute Gasteiger partial charge is 0.494 e. The summed E-state index contributed by atoms with van der Waals surface area (Å²) < 4.78 is 5.75. The molecule has 0 fully saturated rings. The molecule has 0 spiro atoms. The highest BCUT2D eigenvalue weighted by molar-refractivity contribution is 5.87. The lowest BCUT2D eigenvalue weighted by Gasteiger charge is -2.29. The van der Waals surface area contributed by atoms with Crippen LogP contribution in [0.4, 0.5) is 0 Å². The molecule has 5 nitrogen and oxygen atoms in total. The number of aryl methyl sites for hydroxylation is 2. The molecule has 0 aliphatic carbocycles. The van der Waals surface area contributed by atoms with E-state index in [2.05, 4.69) is 12.2 Å². The normalized spacial score (nSPS) is 11.6. The highest BCUT2D eigenvalue weighted by atomic mass is 16.5. The number of nitrogens with zero attached hydrogens (tertiary/aromatic N) is 1. The fourth-order valence-corrected chi connectivity index (χ4v) is 3.20. The molecule has 0 saturated heterocycles. The Morgan fingerprint density at radius 2 is 1.58 bits per heavy atom. The molecule has 31 heavy (non-hydrogen) atoms. The first-order chi connectivity index (χ1) is 14.9. The van der Waals surface area contributed by atoms with E-state index in [9.17, 15) is 9.59 Å². The van der Waals surface area contributed by atoms with Crippen molar-refractivity contribution in [1.82, 2.24) is 10.2 Å². The predicted octanol–water partition coefficient (Wildman–Crippen LogP) is 4.80. The van der Waals surface area contributed by atoms with E-state index < -0.39 is 6.04 Å². The van der Waals surface area contributed by atoms with Gasteiger partial charge in [-0.15, -0.1) is 0 Å². The van der Waals surface area contributed by atoms with Gasteiger partial charge in [0.2, 0.25) is 11.8 Å². The molecule has 1 atom stereocenters. The Bertz CT molecular complexity index is 816. The fourth-order valence-electron chi connectivity index (χ4n) is 3.20. The van der Waals surface area contributed by atoms with Gasteiger partial charge in [-0.05, 0) is 51.3 Å². The zero-order chi connectivity index (χ0) is 22.6. The van der Waals surface area contributed by atoms with Crippen molar-refractivity contribution >= 4 is 11.8 Å². The maximum atomic E-state index is 13.0. The van der Waals surface area contributed by atoms with Crippen LogP contribution in [0.1, 0.15) is 56.2 Å². The first kappa shape index (κ1) is 24.4. The maximum absolute atomic E-state index is 13.0. The second-order valence-corrected chi connectivity index (χ2v) is 8.09. The molecule has 2 aromatic carbocycles. The van der Waals surface area contributed by atoms with Crippen molar-refractivity contribution in [3.05, 3.63) is 65.2 Å². The predicted molar refractivity (Wildman–Crippen MR) is 125 cm³/mol. The molecule has 1 N–H and O–H groups in total. The Kier molecular flexibility index (Phi) is 10.1. The highest BCUT2D eigenvalue weighted by Gasteiger charge is 2.25. The molecule has 0 radical (unpaired) electrons. The highest BCUT2D eigenvalue weighted by Crippen LogP contribution is 2.15. The lowest BCUT2D eigenvalue weighted by Crippen LogP contribution is -2.47. The molecule has 0 heterocycles. The third-order valence-electron chi connectivity index (χ3n) is 5.30. The summed E-state index contributed by atoms with van der Waals surface area (Å²) >= 11 is 0. The number of hydrogen-bond donors (Lipinski definition) is 1. The van der Waals surface area contributed by atoms with Crippen LogP contribution in [0.5, 0.6) is 5.75 Å². The van der Waals surface area contributed by atoms with E-state index in [-0.39, 0.29) is 11.8 Å². The van der Waals surface area contributed by atoms with Gasteiger partial charge in [-0.2, -0.15) is 0 Å². The molecular weight excluding hydrogens is 388 g/mol. The van der Waals surface area contributed by atoms with Gasteiger partial charge in [-0.3, -0.25) is 9.59 Å². The van der Waals surface area contributed by atoms with E-state index in [0.717, 1.165) is 24.2 Å². The van der Waals surface area contributed by atoms with Crippen LogP contribution in [0, 0.1) is 13.8 Å². The standard InChI is InChI=1S/C26H36N2O3/c1-5-6-17-27-26(30)22(4)28(19-23-13-9-20(2)10-14-23)25(29)8-7-18-31-24-15-11-21(3)12-16-24/h9-16,22H,5-8,17-19H2,1-4H3,(H,27,30)/t22-/m1/s1. The monoisotopic (exact) mass is 424 g/mol. The number of nitrogens with one attached hydrogen (secondary N) is 1. The number of amides is 2. The maximum Gasteiger partial charge on any atom is 0.242 e. The summed E-state index contributed by atoms with van der Waals surface area (Å²) in [4.78, 5) is 27.3. The molecule has 2 amide bonds. The van der Waals surface area contributed by atoms with Crippen molar-refractivity contribution in [2.24, 2.45) is 0 Å². The fraction of sp³-hybridized carbons (Fsp3) is 0.462. The first-order valence-electron chi connectivity index (χ1n) is 11.2. The molecular formula is C26H36N2O3. The summed E-state index contributed by atoms with van der Waals surface area (Å²) in [6, 6.07) is 15.4. The number of benzene rings is 2. The lowest BCUT2D eigenvalue weighted by molar-refractivity contribution is -0.140. The quantitative estimate of drug-likeness (QED) is 0.498. The van der Waals surface area contributed by atoms with Crippen molar-refractivity contribution in [3.63, 3.8) is 0 Å². The van der Waals surface area contributed by atoms with Gasteiger partial charge in [0.25, 0.3) is 0 Å². The molecule has 0 aromatic heterocycles. The number of carbonyl (C=O) groups excluding carboxylic acids is 2. The van der Waals surface area contributed by atoms with Crippen molar-refractivity contribution in [1.29, 1.82) is 0 Å². The molecule has 2 aromatic rings. The van der Waals surface area contributed by atoms with E-state index in [4.69, 9.17) is 4.74 Å². The minimum atomic E-state index is -0.524. The van der Waals surface area contributed by atoms with Crippen LogP contribution in [-0.2, 0) is 16.1 Å². The third kappa shape index (κ3) is 8.44. The smallest absolute Gasteiger partial charge is 0.242 e. The van der Waals surface area contributed by atoms with Crippen LogP contribution in [0.15, 0.2) is 48.5 Å². The summed E-state index contributed by atoms with van der Waals surface area (Å²) in [6.45, 7) is 9.47. The Morgan fingerprint density at radius 3 is 2.19 bits per heavy atom. The number of rotatable bonds is 12. The zero-order valence-electron chi connectivity index (χ0n) is 19.3. The van der Waals surface area contributed by atoms with Crippen LogP contribution in [0.2, 0.25) is 0 Å². The number of unbranched alkanes of at least 4 members (excludes halogenated alkanes) is 1. The summed E-state index contributed by atoms with van der Waals surface area (Å²) in [5.74, 6) is 0.661. The second-order valence-electron chi connectivity index (χ2n) is 8.09. The molecule has 168 valence electrons. The number of hydrogen-bond acceptors (Lipinski definition) is 3. The van der Waals surface area contributed by atoms with Crippen molar-refractivity contribution in [2.75, 3.05) is 13.2 Å². The molecule has 2 rings (SSSR count). The minimum Gasteiger partial charge on any atom is -0.494 e. The van der Waals surface area contributed by atoms with Crippen molar-refractivity contribution < 1.29 is 14.3 Å². The van der Waals surface area contributed by atoms with Gasteiger partial charge in [0, 0.05) is 19.5 Å². The molecule has 0 unspecified atom stereocenters. The average molecular weight is 425 g/mol. The first-order valence-corrected chi connectivity index (χ1v) is 11.2. The minimum absolute atomic E-state index is 0.0359. The second kappa shape index (κ2) is 12.8. The number of carbonyl (C=O) groups is 2. The van der Waals surface area contributed by atoms with Crippen LogP contribution in [-0.4, -0.2) is 35.9 Å². The Hall–Kier alpha value is -2.82. The Morgan fingerprint density at radius 1 is 0.968 bits per heavy atom. The summed E-state index contributed by atoms with van der Waals surface area (Å²) in [6.07, 6.45) is 2.88. The van der Waals surface area contributed by atoms with E-state index in [1.807, 2.05) is 62.4 Å². The SMILES string of the molecule is CCCCNC(=O)[C@@H](C)N(Cc1ccc(C)cc1)C(=O)CCCOc1ccc(C)cc1. The van der Waals surface area contributed by atoms with E-state index in [1.165, 1.54) is 11.1 Å². The van der Waals surface area contributed by atoms with Gasteiger partial charge < -0.3 is 15.0 Å². The number of ether oxygens (including phenoxy) is 1. The van der Waals surface area contributed by atoms with E-state index in [0.29, 0.717) is 32.5 Å².